The fourth-order valence-corrected chi connectivity index (χ4v) is 5.22. The van der Waals surface area contributed by atoms with E-state index in [0.717, 1.165) is 39.8 Å². The van der Waals surface area contributed by atoms with Crippen LogP contribution < -0.4 is 9.47 Å². The van der Waals surface area contributed by atoms with Crippen LogP contribution in [0.15, 0.2) is 109 Å². The van der Waals surface area contributed by atoms with Crippen molar-refractivity contribution >= 4 is 11.9 Å². The van der Waals surface area contributed by atoms with Gasteiger partial charge in [-0.15, -0.1) is 0 Å². The van der Waals surface area contributed by atoms with Crippen LogP contribution in [0.4, 0.5) is 0 Å². The number of esters is 2. The van der Waals surface area contributed by atoms with Crippen LogP contribution in [-0.2, 0) is 25.5 Å². The zero-order valence-corrected chi connectivity index (χ0v) is 24.8. The topological polar surface area (TPSA) is 71.1 Å². The number of hydrogen-bond acceptors (Lipinski definition) is 6. The molecule has 0 aliphatic heterocycles. The van der Waals surface area contributed by atoms with Crippen LogP contribution in [0, 0.1) is 0 Å². The quantitative estimate of drug-likeness (QED) is 0.0950. The van der Waals surface area contributed by atoms with Crippen LogP contribution in [-0.4, -0.2) is 24.5 Å². The number of hydrogen-bond donors (Lipinski definition) is 0. The first-order valence-corrected chi connectivity index (χ1v) is 14.1. The van der Waals surface area contributed by atoms with E-state index >= 15 is 0 Å². The van der Waals surface area contributed by atoms with Gasteiger partial charge in [-0.05, 0) is 65.8 Å². The molecule has 2 unspecified atom stereocenters. The minimum Gasteiger partial charge on any atom is -0.454 e. The summed E-state index contributed by atoms with van der Waals surface area (Å²) in [6, 6.07) is 28.0. The summed E-state index contributed by atoms with van der Waals surface area (Å²) in [5, 5.41) is 0. The summed E-state index contributed by atoms with van der Waals surface area (Å²) in [4.78, 5) is 24.3. The normalized spacial score (nSPS) is 12.7. The third-order valence-corrected chi connectivity index (χ3v) is 7.15. The van der Waals surface area contributed by atoms with Crippen LogP contribution in [0.1, 0.15) is 38.8 Å². The molecule has 5 rings (SSSR count). The molecule has 0 saturated heterocycles. The molecule has 0 bridgehead atoms. The molecule has 43 heavy (non-hydrogen) atoms. The molecule has 2 atom stereocenters. The Kier molecular flexibility index (Phi) is 8.48. The predicted octanol–water partition coefficient (Wildman–Crippen LogP) is 8.28. The molecule has 1 aliphatic rings. The minimum atomic E-state index is -0.845. The molecule has 0 spiro atoms. The molecule has 6 heteroatoms. The van der Waals surface area contributed by atoms with E-state index in [4.69, 9.17) is 18.9 Å². The van der Waals surface area contributed by atoms with Gasteiger partial charge in [0.25, 0.3) is 0 Å². The van der Waals surface area contributed by atoms with Gasteiger partial charge in [-0.1, -0.05) is 86.0 Å². The number of carbonyl (C=O) groups is 2. The van der Waals surface area contributed by atoms with E-state index < -0.39 is 24.5 Å². The molecule has 4 aromatic rings. The van der Waals surface area contributed by atoms with Crippen LogP contribution in [0.5, 0.6) is 11.5 Å². The molecule has 0 fully saturated rings. The second-order valence-electron chi connectivity index (χ2n) is 10.6. The second kappa shape index (κ2) is 12.4. The van der Waals surface area contributed by atoms with E-state index in [0.29, 0.717) is 22.6 Å². The summed E-state index contributed by atoms with van der Waals surface area (Å²) in [6.45, 7) is 13.9. The molecule has 0 amide bonds. The molecule has 0 radical (unpaired) electrons. The maximum absolute atomic E-state index is 12.2. The van der Waals surface area contributed by atoms with Gasteiger partial charge in [-0.25, -0.2) is 9.59 Å². The highest BCUT2D eigenvalue weighted by atomic mass is 16.7. The molecule has 0 saturated carbocycles. The molecule has 1 aliphatic carbocycles. The van der Waals surface area contributed by atoms with Crippen LogP contribution >= 0.6 is 0 Å². The van der Waals surface area contributed by atoms with Crippen molar-refractivity contribution in [3.8, 4) is 44.9 Å². The van der Waals surface area contributed by atoms with Gasteiger partial charge < -0.3 is 18.9 Å². The third-order valence-electron chi connectivity index (χ3n) is 7.15. The number of para-hydroxylation sites is 2. The lowest BCUT2D eigenvalue weighted by atomic mass is 9.87. The van der Waals surface area contributed by atoms with Crippen LogP contribution in [0.25, 0.3) is 33.4 Å². The Balaban J connectivity index is 1.64. The van der Waals surface area contributed by atoms with E-state index in [1.54, 1.807) is 27.7 Å². The lowest BCUT2D eigenvalue weighted by Gasteiger charge is -2.23. The highest BCUT2D eigenvalue weighted by Gasteiger charge is 2.27. The molecule has 0 heterocycles. The van der Waals surface area contributed by atoms with Crippen molar-refractivity contribution < 1.29 is 28.5 Å². The van der Waals surface area contributed by atoms with E-state index in [1.165, 1.54) is 11.1 Å². The summed E-state index contributed by atoms with van der Waals surface area (Å²) in [7, 11) is 0. The monoisotopic (exact) mass is 574 g/mol. The van der Waals surface area contributed by atoms with Gasteiger partial charge in [-0.3, -0.25) is 0 Å². The average molecular weight is 575 g/mol. The van der Waals surface area contributed by atoms with Crippen molar-refractivity contribution in [2.75, 3.05) is 0 Å². The van der Waals surface area contributed by atoms with Crippen molar-refractivity contribution in [1.29, 1.82) is 0 Å². The van der Waals surface area contributed by atoms with E-state index in [9.17, 15) is 9.59 Å². The Labute approximate surface area is 252 Å². The smallest absolute Gasteiger partial charge is 0.336 e. The number of benzene rings is 4. The Morgan fingerprint density at radius 1 is 0.605 bits per heavy atom. The summed E-state index contributed by atoms with van der Waals surface area (Å²) in [5.74, 6) is 0.0865. The molecule has 0 aromatic heterocycles. The first-order valence-electron chi connectivity index (χ1n) is 14.1. The van der Waals surface area contributed by atoms with Gasteiger partial charge in [0.05, 0.1) is 0 Å². The van der Waals surface area contributed by atoms with Gasteiger partial charge in [0.15, 0.2) is 0 Å². The average Bonchev–Trinajstić information content (AvgIpc) is 3.36. The Morgan fingerprint density at radius 3 is 1.65 bits per heavy atom. The van der Waals surface area contributed by atoms with Crippen LogP contribution in [0.3, 0.4) is 0 Å². The van der Waals surface area contributed by atoms with Gasteiger partial charge >= 0.3 is 11.9 Å². The summed E-state index contributed by atoms with van der Waals surface area (Å²) in [6.07, 6.45) is -0.951. The van der Waals surface area contributed by atoms with Gasteiger partial charge in [0.2, 0.25) is 12.6 Å². The van der Waals surface area contributed by atoms with Crippen molar-refractivity contribution in [1.82, 2.24) is 0 Å². The summed E-state index contributed by atoms with van der Waals surface area (Å²) < 4.78 is 23.3. The Hall–Kier alpha value is -5.10. The molecular weight excluding hydrogens is 540 g/mol. The number of fused-ring (bicyclic) bond motifs is 3. The lowest BCUT2D eigenvalue weighted by Crippen LogP contribution is -2.21. The van der Waals surface area contributed by atoms with Gasteiger partial charge in [-0.2, -0.15) is 0 Å². The molecule has 218 valence electrons. The lowest BCUT2D eigenvalue weighted by molar-refractivity contribution is -0.157. The second-order valence-corrected chi connectivity index (χ2v) is 10.6. The van der Waals surface area contributed by atoms with Gasteiger partial charge in [0, 0.05) is 36.1 Å². The largest absolute Gasteiger partial charge is 0.454 e. The third kappa shape index (κ3) is 6.24. The Bertz CT molecular complexity index is 1730. The van der Waals surface area contributed by atoms with Crippen molar-refractivity contribution in [2.45, 2.75) is 46.7 Å². The maximum Gasteiger partial charge on any atom is 0.336 e. The first-order chi connectivity index (χ1) is 20.6. The number of carbonyl (C=O) groups excluding carboxylic acids is 2. The first kappa shape index (κ1) is 29.4. The molecule has 4 aromatic carbocycles. The molecule has 6 nitrogen and oxygen atoms in total. The number of rotatable bonds is 10. The molecular formula is C37H34O6. The highest BCUT2D eigenvalue weighted by Crippen LogP contribution is 2.49. The molecule has 0 N–H and O–H groups in total. The summed E-state index contributed by atoms with van der Waals surface area (Å²) in [5.41, 5.74) is 8.89. The fourth-order valence-electron chi connectivity index (χ4n) is 5.22. The zero-order valence-electron chi connectivity index (χ0n) is 24.8. The van der Waals surface area contributed by atoms with E-state index in [1.807, 2.05) is 54.6 Å². The standard InChI is InChI=1S/C37H34O6/c1-22(2)36(38)42-24(5)40-33-17-11-9-15-29(33)30-20-19-28-27-14-8-7-13-26(27)21-32(28)35(30)31-16-10-12-18-34(31)41-25(6)43-37(39)23(3)4/h7-20,24-25H,1,3,21H2,2,4-6H3. The maximum atomic E-state index is 12.2. The SMILES string of the molecule is C=C(C)C(=O)OC(C)Oc1ccccc1-c1ccc2c(c1-c1ccccc1OC(C)OC(=O)C(=C)C)Cc1ccccc1-2. The summed E-state index contributed by atoms with van der Waals surface area (Å²) >= 11 is 0. The Morgan fingerprint density at radius 2 is 1.07 bits per heavy atom. The van der Waals surface area contributed by atoms with E-state index in [-0.39, 0.29) is 0 Å². The van der Waals surface area contributed by atoms with Crippen LogP contribution in [0.2, 0.25) is 0 Å². The minimum absolute atomic E-state index is 0.295. The highest BCUT2D eigenvalue weighted by molar-refractivity contribution is 5.96. The fraction of sp³-hybridized carbons (Fsp3) is 0.189. The van der Waals surface area contributed by atoms with Crippen molar-refractivity contribution in [2.24, 2.45) is 0 Å². The number of ether oxygens (including phenoxy) is 4. The van der Waals surface area contributed by atoms with Crippen molar-refractivity contribution in [3.63, 3.8) is 0 Å². The van der Waals surface area contributed by atoms with Gasteiger partial charge in [0.1, 0.15) is 11.5 Å². The zero-order chi connectivity index (χ0) is 30.7. The van der Waals surface area contributed by atoms with Crippen molar-refractivity contribution in [3.05, 3.63) is 120 Å². The predicted molar refractivity (Wildman–Crippen MR) is 168 cm³/mol. The van der Waals surface area contributed by atoms with E-state index in [2.05, 4.69) is 43.5 Å².